The number of hydrogen-bond acceptors (Lipinski definition) is 2. The number of hydrogen-bond donors (Lipinski definition) is 2. The highest BCUT2D eigenvalue weighted by atomic mass is 32.1. The molecule has 1 aromatic heterocycles. The van der Waals surface area contributed by atoms with Gasteiger partial charge in [-0.15, -0.1) is 0 Å². The molecule has 0 spiro atoms. The molecule has 2 N–H and O–H groups in total. The van der Waals surface area contributed by atoms with Crippen LogP contribution >= 0.6 is 12.2 Å². The van der Waals surface area contributed by atoms with E-state index in [9.17, 15) is 0 Å². The van der Waals surface area contributed by atoms with E-state index in [1.54, 1.807) is 6.20 Å². The molecule has 3 nitrogen and oxygen atoms in total. The van der Waals surface area contributed by atoms with Crippen LogP contribution in [0, 0.1) is 20.8 Å². The molecule has 116 valence electrons. The second-order valence-corrected chi connectivity index (χ2v) is 6.00. The van der Waals surface area contributed by atoms with Crippen LogP contribution in [0.15, 0.2) is 36.5 Å². The van der Waals surface area contributed by atoms with Gasteiger partial charge in [0, 0.05) is 6.20 Å². The maximum Gasteiger partial charge on any atom is 0.172 e. The minimum atomic E-state index is 0.199. The van der Waals surface area contributed by atoms with Gasteiger partial charge in [0.1, 0.15) is 5.82 Å². The summed E-state index contributed by atoms with van der Waals surface area (Å²) in [7, 11) is 0. The molecule has 22 heavy (non-hydrogen) atoms. The Hall–Kier alpha value is -1.94. The van der Waals surface area contributed by atoms with E-state index in [-0.39, 0.29) is 6.04 Å². The van der Waals surface area contributed by atoms with E-state index in [0.29, 0.717) is 5.11 Å². The molecule has 1 heterocycles. The maximum absolute atomic E-state index is 5.45. The van der Waals surface area contributed by atoms with Crippen molar-refractivity contribution in [3.05, 3.63) is 58.8 Å². The van der Waals surface area contributed by atoms with Gasteiger partial charge in [-0.05, 0) is 62.2 Å². The van der Waals surface area contributed by atoms with Crippen molar-refractivity contribution in [1.82, 2.24) is 10.3 Å². The van der Waals surface area contributed by atoms with Crippen LogP contribution in [-0.2, 0) is 0 Å². The molecule has 2 aromatic rings. The first-order valence-electron chi connectivity index (χ1n) is 7.57. The zero-order valence-corrected chi connectivity index (χ0v) is 14.4. The minimum Gasteiger partial charge on any atom is -0.356 e. The summed E-state index contributed by atoms with van der Waals surface area (Å²) >= 11 is 5.45. The molecule has 0 aliphatic rings. The molecule has 1 aromatic carbocycles. The lowest BCUT2D eigenvalue weighted by atomic mass is 9.98. The van der Waals surface area contributed by atoms with Crippen molar-refractivity contribution >= 4 is 23.1 Å². The standard InChI is InChI=1S/C18H23N3S/c1-5-16(15-9-8-12(2)11-14(15)4)20-18(22)21-17-13(3)7-6-10-19-17/h6-11,16H,5H2,1-4H3,(H2,19,20,21,22)/t16-/m1/s1. The molecule has 0 saturated heterocycles. The quantitative estimate of drug-likeness (QED) is 0.818. The van der Waals surface area contributed by atoms with Gasteiger partial charge in [-0.3, -0.25) is 0 Å². The molecular formula is C18H23N3S. The van der Waals surface area contributed by atoms with E-state index in [1.807, 2.05) is 19.1 Å². The van der Waals surface area contributed by atoms with E-state index in [1.165, 1.54) is 16.7 Å². The van der Waals surface area contributed by atoms with Crippen molar-refractivity contribution in [3.63, 3.8) is 0 Å². The number of aryl methyl sites for hydroxylation is 3. The van der Waals surface area contributed by atoms with Crippen molar-refractivity contribution in [3.8, 4) is 0 Å². The molecule has 0 radical (unpaired) electrons. The van der Waals surface area contributed by atoms with Gasteiger partial charge in [-0.25, -0.2) is 4.98 Å². The summed E-state index contributed by atoms with van der Waals surface area (Å²) in [5.41, 5.74) is 4.93. The Morgan fingerprint density at radius 2 is 1.95 bits per heavy atom. The summed E-state index contributed by atoms with van der Waals surface area (Å²) in [5.74, 6) is 0.801. The lowest BCUT2D eigenvalue weighted by molar-refractivity contribution is 0.625. The van der Waals surface area contributed by atoms with E-state index >= 15 is 0 Å². The maximum atomic E-state index is 5.45. The largest absolute Gasteiger partial charge is 0.356 e. The molecule has 0 saturated carbocycles. The number of anilines is 1. The summed E-state index contributed by atoms with van der Waals surface area (Å²) in [4.78, 5) is 4.31. The van der Waals surface area contributed by atoms with Gasteiger partial charge in [-0.2, -0.15) is 0 Å². The third-order valence-corrected chi connectivity index (χ3v) is 3.98. The molecule has 0 aliphatic heterocycles. The van der Waals surface area contributed by atoms with E-state index in [0.717, 1.165) is 17.8 Å². The zero-order valence-electron chi connectivity index (χ0n) is 13.6. The Kier molecular flexibility index (Phi) is 5.50. The Balaban J connectivity index is 2.10. The number of thiocarbonyl (C=S) groups is 1. The second-order valence-electron chi connectivity index (χ2n) is 5.59. The first-order chi connectivity index (χ1) is 10.5. The Bertz CT molecular complexity index is 667. The van der Waals surface area contributed by atoms with Gasteiger partial charge in [0.05, 0.1) is 6.04 Å². The molecular weight excluding hydrogens is 290 g/mol. The van der Waals surface area contributed by atoms with Crippen molar-refractivity contribution in [2.45, 2.75) is 40.2 Å². The van der Waals surface area contributed by atoms with E-state index in [2.05, 4.69) is 54.6 Å². The molecule has 0 aliphatic carbocycles. The van der Waals surface area contributed by atoms with Gasteiger partial charge >= 0.3 is 0 Å². The monoisotopic (exact) mass is 313 g/mol. The molecule has 0 unspecified atom stereocenters. The third-order valence-electron chi connectivity index (χ3n) is 3.76. The van der Waals surface area contributed by atoms with Gasteiger partial charge in [0.2, 0.25) is 0 Å². The number of nitrogens with one attached hydrogen (secondary N) is 2. The number of rotatable bonds is 4. The summed E-state index contributed by atoms with van der Waals surface area (Å²) in [6.07, 6.45) is 2.73. The van der Waals surface area contributed by atoms with Crippen LogP contribution in [0.25, 0.3) is 0 Å². The van der Waals surface area contributed by atoms with Crippen molar-refractivity contribution < 1.29 is 0 Å². The molecule has 1 atom stereocenters. The van der Waals surface area contributed by atoms with E-state index in [4.69, 9.17) is 12.2 Å². The average Bonchev–Trinajstić information content (AvgIpc) is 2.48. The zero-order chi connectivity index (χ0) is 16.1. The predicted molar refractivity (Wildman–Crippen MR) is 97.3 cm³/mol. The summed E-state index contributed by atoms with van der Waals surface area (Å²) in [6.45, 7) is 8.43. The van der Waals surface area contributed by atoms with Crippen LogP contribution in [0.4, 0.5) is 5.82 Å². The van der Waals surface area contributed by atoms with Gasteiger partial charge < -0.3 is 10.6 Å². The Morgan fingerprint density at radius 3 is 2.59 bits per heavy atom. The SMILES string of the molecule is CC[C@@H](NC(=S)Nc1ncccc1C)c1ccc(C)cc1C. The van der Waals surface area contributed by atoms with Crippen LogP contribution < -0.4 is 10.6 Å². The normalized spacial score (nSPS) is 11.8. The first-order valence-corrected chi connectivity index (χ1v) is 7.98. The lowest BCUT2D eigenvalue weighted by Gasteiger charge is -2.22. The first kappa shape index (κ1) is 16.4. The molecule has 0 bridgehead atoms. The van der Waals surface area contributed by atoms with Gasteiger partial charge in [0.25, 0.3) is 0 Å². The second kappa shape index (κ2) is 7.36. The smallest absolute Gasteiger partial charge is 0.172 e. The van der Waals surface area contributed by atoms with Gasteiger partial charge in [0.15, 0.2) is 5.11 Å². The minimum absolute atomic E-state index is 0.199. The highest BCUT2D eigenvalue weighted by Crippen LogP contribution is 2.22. The Labute approximate surface area is 138 Å². The van der Waals surface area contributed by atoms with Crippen LogP contribution in [0.2, 0.25) is 0 Å². The summed E-state index contributed by atoms with van der Waals surface area (Å²) in [6, 6.07) is 10.7. The average molecular weight is 313 g/mol. The molecule has 0 amide bonds. The van der Waals surface area contributed by atoms with Gasteiger partial charge in [-0.1, -0.05) is 36.8 Å². The number of nitrogens with zero attached hydrogens (tertiary/aromatic N) is 1. The van der Waals surface area contributed by atoms with Crippen LogP contribution in [-0.4, -0.2) is 10.1 Å². The fourth-order valence-corrected chi connectivity index (χ4v) is 2.77. The van der Waals surface area contributed by atoms with Crippen LogP contribution in [0.3, 0.4) is 0 Å². The summed E-state index contributed by atoms with van der Waals surface area (Å²) < 4.78 is 0. The predicted octanol–water partition coefficient (Wildman–Crippen LogP) is 4.44. The van der Waals surface area contributed by atoms with Crippen LogP contribution in [0.5, 0.6) is 0 Å². The highest BCUT2D eigenvalue weighted by Gasteiger charge is 2.13. The fourth-order valence-electron chi connectivity index (χ4n) is 2.53. The fraction of sp³-hybridized carbons (Fsp3) is 0.333. The Morgan fingerprint density at radius 1 is 1.18 bits per heavy atom. The third kappa shape index (κ3) is 4.04. The van der Waals surface area contributed by atoms with Crippen molar-refractivity contribution in [1.29, 1.82) is 0 Å². The number of pyridine rings is 1. The van der Waals surface area contributed by atoms with Crippen LogP contribution in [0.1, 0.15) is 41.6 Å². The summed E-state index contributed by atoms with van der Waals surface area (Å²) in [5, 5.41) is 7.19. The molecule has 0 fully saturated rings. The molecule has 4 heteroatoms. The number of benzene rings is 1. The number of aromatic nitrogens is 1. The van der Waals surface area contributed by atoms with Crippen molar-refractivity contribution in [2.24, 2.45) is 0 Å². The highest BCUT2D eigenvalue weighted by molar-refractivity contribution is 7.80. The lowest BCUT2D eigenvalue weighted by Crippen LogP contribution is -2.32. The van der Waals surface area contributed by atoms with E-state index < -0.39 is 0 Å². The topological polar surface area (TPSA) is 37.0 Å². The van der Waals surface area contributed by atoms with Crippen molar-refractivity contribution in [2.75, 3.05) is 5.32 Å². The molecule has 2 rings (SSSR count).